The first-order valence-electron chi connectivity index (χ1n) is 5.02. The van der Waals surface area contributed by atoms with E-state index < -0.39 is 0 Å². The van der Waals surface area contributed by atoms with E-state index in [9.17, 15) is 9.59 Å². The Morgan fingerprint density at radius 2 is 2.20 bits per heavy atom. The average molecular weight is 203 g/mol. The maximum atomic E-state index is 11.7. The molecule has 1 aliphatic heterocycles. The summed E-state index contributed by atoms with van der Waals surface area (Å²) in [7, 11) is 0. The van der Waals surface area contributed by atoms with Gasteiger partial charge in [0.05, 0.1) is 0 Å². The van der Waals surface area contributed by atoms with Crippen LogP contribution in [0.1, 0.15) is 41.0 Å². The lowest BCUT2D eigenvalue weighted by Crippen LogP contribution is -2.26. The highest BCUT2D eigenvalue weighted by atomic mass is 16.1. The summed E-state index contributed by atoms with van der Waals surface area (Å²) in [5.74, 6) is 0.101. The van der Waals surface area contributed by atoms with Crippen molar-refractivity contribution in [2.75, 3.05) is 5.32 Å². The van der Waals surface area contributed by atoms with Gasteiger partial charge in [0.25, 0.3) is 0 Å². The minimum atomic E-state index is -0.00998. The van der Waals surface area contributed by atoms with E-state index in [1.165, 1.54) is 6.92 Å². The summed E-state index contributed by atoms with van der Waals surface area (Å²) in [5, 5.41) is 3.22. The minimum Gasteiger partial charge on any atom is -0.382 e. The molecule has 2 rings (SSSR count). The van der Waals surface area contributed by atoms with Crippen molar-refractivity contribution in [2.45, 2.75) is 26.3 Å². The second-order valence-electron chi connectivity index (χ2n) is 3.99. The Kier molecular flexibility index (Phi) is 2.31. The Bertz CT molecular complexity index is 437. The standard InChI is InChI=1S/C12H13NO2/c1-7-5-12(15)10-6-9(8(2)14)3-4-11(10)13-7/h3-4,6-7,13H,5H2,1-2H3. The molecule has 1 atom stereocenters. The lowest BCUT2D eigenvalue weighted by molar-refractivity contribution is 0.0974. The Balaban J connectivity index is 2.48. The molecular weight excluding hydrogens is 190 g/mol. The van der Waals surface area contributed by atoms with Crippen LogP contribution in [-0.2, 0) is 0 Å². The summed E-state index contributed by atoms with van der Waals surface area (Å²) in [6, 6.07) is 5.41. The second kappa shape index (κ2) is 3.50. The van der Waals surface area contributed by atoms with Gasteiger partial charge in [0.2, 0.25) is 0 Å². The van der Waals surface area contributed by atoms with E-state index in [1.807, 2.05) is 6.92 Å². The van der Waals surface area contributed by atoms with E-state index >= 15 is 0 Å². The number of benzene rings is 1. The largest absolute Gasteiger partial charge is 0.382 e. The van der Waals surface area contributed by atoms with Crippen molar-refractivity contribution in [2.24, 2.45) is 0 Å². The molecular formula is C12H13NO2. The fourth-order valence-electron chi connectivity index (χ4n) is 1.82. The number of rotatable bonds is 1. The van der Waals surface area contributed by atoms with E-state index in [2.05, 4.69) is 5.32 Å². The van der Waals surface area contributed by atoms with Crippen LogP contribution in [0.15, 0.2) is 18.2 Å². The Morgan fingerprint density at radius 1 is 1.47 bits per heavy atom. The van der Waals surface area contributed by atoms with E-state index in [0.29, 0.717) is 17.5 Å². The first kappa shape index (κ1) is 9.90. The molecule has 0 spiro atoms. The molecule has 1 heterocycles. The molecule has 0 aliphatic carbocycles. The van der Waals surface area contributed by atoms with Gasteiger partial charge in [-0.3, -0.25) is 9.59 Å². The summed E-state index contributed by atoms with van der Waals surface area (Å²) in [5.41, 5.74) is 2.07. The number of ketones is 2. The molecule has 0 fully saturated rings. The van der Waals surface area contributed by atoms with Gasteiger partial charge in [-0.2, -0.15) is 0 Å². The fraction of sp³-hybridized carbons (Fsp3) is 0.333. The lowest BCUT2D eigenvalue weighted by atomic mass is 9.95. The van der Waals surface area contributed by atoms with Crippen molar-refractivity contribution in [1.82, 2.24) is 0 Å². The number of hydrogen-bond acceptors (Lipinski definition) is 3. The summed E-state index contributed by atoms with van der Waals surface area (Å²) in [4.78, 5) is 22.9. The topological polar surface area (TPSA) is 46.2 Å². The quantitative estimate of drug-likeness (QED) is 0.712. The zero-order chi connectivity index (χ0) is 11.0. The number of anilines is 1. The molecule has 1 aromatic carbocycles. The van der Waals surface area contributed by atoms with Crippen LogP contribution >= 0.6 is 0 Å². The van der Waals surface area contributed by atoms with Crippen molar-refractivity contribution in [3.63, 3.8) is 0 Å². The van der Waals surface area contributed by atoms with Gasteiger partial charge < -0.3 is 5.32 Å². The molecule has 15 heavy (non-hydrogen) atoms. The van der Waals surface area contributed by atoms with Gasteiger partial charge >= 0.3 is 0 Å². The van der Waals surface area contributed by atoms with E-state index in [0.717, 1.165) is 5.69 Å². The van der Waals surface area contributed by atoms with E-state index in [1.54, 1.807) is 18.2 Å². The van der Waals surface area contributed by atoms with E-state index in [4.69, 9.17) is 0 Å². The molecule has 0 saturated heterocycles. The van der Waals surface area contributed by atoms with Gasteiger partial charge in [-0.05, 0) is 32.0 Å². The van der Waals surface area contributed by atoms with Gasteiger partial charge in [0.1, 0.15) is 0 Å². The van der Waals surface area contributed by atoms with Gasteiger partial charge in [-0.25, -0.2) is 0 Å². The second-order valence-corrected chi connectivity index (χ2v) is 3.99. The number of carbonyl (C=O) groups is 2. The summed E-state index contributed by atoms with van der Waals surface area (Å²) in [6.45, 7) is 3.48. The Hall–Kier alpha value is -1.64. The summed E-state index contributed by atoms with van der Waals surface area (Å²) >= 11 is 0. The SMILES string of the molecule is CC(=O)c1ccc2c(c1)C(=O)CC(C)N2. The molecule has 0 aromatic heterocycles. The third-order valence-corrected chi connectivity index (χ3v) is 2.62. The molecule has 0 radical (unpaired) electrons. The monoisotopic (exact) mass is 203 g/mol. The number of hydrogen-bond donors (Lipinski definition) is 1. The molecule has 1 unspecified atom stereocenters. The molecule has 3 heteroatoms. The zero-order valence-electron chi connectivity index (χ0n) is 8.83. The highest BCUT2D eigenvalue weighted by molar-refractivity contribution is 6.06. The molecule has 1 aromatic rings. The van der Waals surface area contributed by atoms with Crippen molar-refractivity contribution < 1.29 is 9.59 Å². The number of Topliss-reactive ketones (excluding diaryl/α,β-unsaturated/α-hetero) is 2. The summed E-state index contributed by atoms with van der Waals surface area (Å²) in [6.07, 6.45) is 0.494. The predicted octanol–water partition coefficient (Wildman–Crippen LogP) is 2.28. The van der Waals surface area contributed by atoms with Crippen LogP contribution in [0.2, 0.25) is 0 Å². The van der Waals surface area contributed by atoms with Gasteiger partial charge in [0, 0.05) is 29.3 Å². The third-order valence-electron chi connectivity index (χ3n) is 2.62. The Labute approximate surface area is 88.5 Å². The van der Waals surface area contributed by atoms with Crippen molar-refractivity contribution in [1.29, 1.82) is 0 Å². The minimum absolute atomic E-state index is 0.00998. The maximum Gasteiger partial charge on any atom is 0.167 e. The average Bonchev–Trinajstić information content (AvgIpc) is 2.16. The molecule has 1 aliphatic rings. The van der Waals surface area contributed by atoms with Crippen LogP contribution in [0.5, 0.6) is 0 Å². The number of nitrogens with one attached hydrogen (secondary N) is 1. The van der Waals surface area contributed by atoms with Crippen LogP contribution < -0.4 is 5.32 Å². The van der Waals surface area contributed by atoms with Gasteiger partial charge in [-0.1, -0.05) is 0 Å². The van der Waals surface area contributed by atoms with E-state index in [-0.39, 0.29) is 17.6 Å². The predicted molar refractivity (Wildman–Crippen MR) is 58.5 cm³/mol. The summed E-state index contributed by atoms with van der Waals surface area (Å²) < 4.78 is 0. The van der Waals surface area contributed by atoms with Gasteiger partial charge in [0.15, 0.2) is 11.6 Å². The van der Waals surface area contributed by atoms with Crippen LogP contribution in [0.3, 0.4) is 0 Å². The Morgan fingerprint density at radius 3 is 2.87 bits per heavy atom. The van der Waals surface area contributed by atoms with Crippen molar-refractivity contribution >= 4 is 17.3 Å². The first-order chi connectivity index (χ1) is 7.08. The highest BCUT2D eigenvalue weighted by Crippen LogP contribution is 2.25. The van der Waals surface area contributed by atoms with Crippen LogP contribution in [0.25, 0.3) is 0 Å². The fourth-order valence-corrected chi connectivity index (χ4v) is 1.82. The van der Waals surface area contributed by atoms with Gasteiger partial charge in [-0.15, -0.1) is 0 Å². The molecule has 78 valence electrons. The molecule has 0 bridgehead atoms. The zero-order valence-corrected chi connectivity index (χ0v) is 8.83. The number of carbonyl (C=O) groups excluding carboxylic acids is 2. The maximum absolute atomic E-state index is 11.7. The van der Waals surface area contributed by atoms with Crippen LogP contribution in [-0.4, -0.2) is 17.6 Å². The highest BCUT2D eigenvalue weighted by Gasteiger charge is 2.21. The van der Waals surface area contributed by atoms with Crippen LogP contribution in [0.4, 0.5) is 5.69 Å². The molecule has 1 N–H and O–H groups in total. The first-order valence-corrected chi connectivity index (χ1v) is 5.02. The lowest BCUT2D eigenvalue weighted by Gasteiger charge is -2.23. The van der Waals surface area contributed by atoms with Crippen LogP contribution in [0, 0.1) is 0 Å². The third kappa shape index (κ3) is 1.77. The van der Waals surface area contributed by atoms with Crippen molar-refractivity contribution in [3.05, 3.63) is 29.3 Å². The molecule has 0 amide bonds. The number of fused-ring (bicyclic) bond motifs is 1. The molecule has 0 saturated carbocycles. The van der Waals surface area contributed by atoms with Crippen molar-refractivity contribution in [3.8, 4) is 0 Å². The smallest absolute Gasteiger partial charge is 0.167 e. The molecule has 3 nitrogen and oxygen atoms in total. The normalized spacial score (nSPS) is 19.3.